The van der Waals surface area contributed by atoms with Crippen molar-refractivity contribution in [1.29, 1.82) is 0 Å². The maximum Gasteiger partial charge on any atom is 0.134 e. The number of ether oxygens (including phenoxy) is 1. The Morgan fingerprint density at radius 3 is 2.94 bits per heavy atom. The Hall–Kier alpha value is -0.910. The summed E-state index contributed by atoms with van der Waals surface area (Å²) >= 11 is 5.92. The van der Waals surface area contributed by atoms with E-state index in [2.05, 4.69) is 22.2 Å². The van der Waals surface area contributed by atoms with E-state index in [0.717, 1.165) is 37.4 Å². The Balaban J connectivity index is 2.32. The van der Waals surface area contributed by atoms with Gasteiger partial charge in [-0.3, -0.25) is 0 Å². The van der Waals surface area contributed by atoms with Crippen molar-refractivity contribution in [2.45, 2.75) is 26.2 Å². The van der Waals surface area contributed by atoms with Gasteiger partial charge in [-0.1, -0.05) is 18.5 Å². The second-order valence-corrected chi connectivity index (χ2v) is 4.25. The van der Waals surface area contributed by atoms with Gasteiger partial charge in [0.25, 0.3) is 0 Å². The lowest BCUT2D eigenvalue weighted by Crippen LogP contribution is -2.09. The highest BCUT2D eigenvalue weighted by Gasteiger charge is 2.02. The van der Waals surface area contributed by atoms with Crippen molar-refractivity contribution in [2.24, 2.45) is 0 Å². The van der Waals surface area contributed by atoms with Gasteiger partial charge in [0.15, 0.2) is 0 Å². The maximum absolute atomic E-state index is 8.54. The average molecular weight is 274 g/mol. The molecule has 1 rings (SSSR count). The zero-order chi connectivity index (χ0) is 13.2. The molecular formula is C12H20ClN3O2. The van der Waals surface area contributed by atoms with Crippen LogP contribution in [0.3, 0.4) is 0 Å². The second-order valence-electron chi connectivity index (χ2n) is 3.86. The molecule has 2 N–H and O–H groups in total. The number of rotatable bonds is 9. The van der Waals surface area contributed by atoms with E-state index in [9.17, 15) is 0 Å². The van der Waals surface area contributed by atoms with Gasteiger partial charge < -0.3 is 15.2 Å². The van der Waals surface area contributed by atoms with Crippen LogP contribution in [-0.2, 0) is 11.2 Å². The fourth-order valence-electron chi connectivity index (χ4n) is 1.45. The first-order valence-corrected chi connectivity index (χ1v) is 6.60. The molecule has 5 nitrogen and oxygen atoms in total. The Morgan fingerprint density at radius 1 is 1.39 bits per heavy atom. The highest BCUT2D eigenvalue weighted by molar-refractivity contribution is 6.29. The molecular weight excluding hydrogens is 254 g/mol. The van der Waals surface area contributed by atoms with Crippen molar-refractivity contribution in [3.05, 3.63) is 17.0 Å². The van der Waals surface area contributed by atoms with Crippen molar-refractivity contribution < 1.29 is 9.84 Å². The van der Waals surface area contributed by atoms with E-state index < -0.39 is 0 Å². The molecule has 0 aliphatic carbocycles. The Kier molecular flexibility index (Phi) is 7.64. The molecule has 0 aromatic carbocycles. The second kappa shape index (κ2) is 9.08. The number of anilines is 1. The molecule has 0 aliphatic rings. The number of halogens is 1. The van der Waals surface area contributed by atoms with Gasteiger partial charge in [0.05, 0.1) is 13.2 Å². The Labute approximate surface area is 113 Å². The molecule has 0 atom stereocenters. The summed E-state index contributed by atoms with van der Waals surface area (Å²) in [7, 11) is 0. The van der Waals surface area contributed by atoms with E-state index in [1.807, 2.05) is 0 Å². The maximum atomic E-state index is 8.54. The van der Waals surface area contributed by atoms with Crippen molar-refractivity contribution in [1.82, 2.24) is 9.97 Å². The molecule has 0 saturated heterocycles. The lowest BCUT2D eigenvalue weighted by Gasteiger charge is -2.07. The molecule has 0 spiro atoms. The molecule has 102 valence electrons. The number of nitrogens with one attached hydrogen (secondary N) is 1. The summed E-state index contributed by atoms with van der Waals surface area (Å²) in [5.41, 5.74) is 0. The van der Waals surface area contributed by atoms with E-state index >= 15 is 0 Å². The van der Waals surface area contributed by atoms with Gasteiger partial charge in [-0.2, -0.15) is 0 Å². The van der Waals surface area contributed by atoms with Crippen LogP contribution in [0.25, 0.3) is 0 Å². The lowest BCUT2D eigenvalue weighted by atomic mass is 10.3. The lowest BCUT2D eigenvalue weighted by molar-refractivity contribution is 0.0922. The number of aliphatic hydroxyl groups excluding tert-OH is 1. The molecule has 6 heteroatoms. The first-order valence-electron chi connectivity index (χ1n) is 6.22. The van der Waals surface area contributed by atoms with Crippen LogP contribution in [0.4, 0.5) is 5.82 Å². The topological polar surface area (TPSA) is 67.3 Å². The van der Waals surface area contributed by atoms with Gasteiger partial charge in [-0.05, 0) is 12.8 Å². The third-order valence-corrected chi connectivity index (χ3v) is 2.42. The summed E-state index contributed by atoms with van der Waals surface area (Å²) in [5, 5.41) is 12.2. The average Bonchev–Trinajstić information content (AvgIpc) is 2.33. The van der Waals surface area contributed by atoms with Crippen molar-refractivity contribution in [3.8, 4) is 0 Å². The van der Waals surface area contributed by atoms with Crippen LogP contribution in [0, 0.1) is 0 Å². The smallest absolute Gasteiger partial charge is 0.134 e. The third-order valence-electron chi connectivity index (χ3n) is 2.22. The highest BCUT2D eigenvalue weighted by atomic mass is 35.5. The van der Waals surface area contributed by atoms with Crippen LogP contribution >= 0.6 is 11.6 Å². The fourth-order valence-corrected chi connectivity index (χ4v) is 1.65. The molecule has 0 saturated carbocycles. The number of aryl methyl sites for hydroxylation is 1. The summed E-state index contributed by atoms with van der Waals surface area (Å²) in [4.78, 5) is 8.52. The number of hydrogen-bond acceptors (Lipinski definition) is 5. The number of nitrogens with zero attached hydrogens (tertiary/aromatic N) is 2. The minimum Gasteiger partial charge on any atom is -0.394 e. The predicted octanol–water partition coefficient (Wildman–Crippen LogP) is 1.89. The van der Waals surface area contributed by atoms with Crippen LogP contribution in [0.15, 0.2) is 6.07 Å². The molecule has 1 aromatic rings. The fraction of sp³-hybridized carbons (Fsp3) is 0.667. The summed E-state index contributed by atoms with van der Waals surface area (Å²) in [6.07, 6.45) is 2.67. The van der Waals surface area contributed by atoms with Gasteiger partial charge in [-0.15, -0.1) is 0 Å². The Morgan fingerprint density at radius 2 is 2.22 bits per heavy atom. The minimum atomic E-state index is 0.0648. The highest BCUT2D eigenvalue weighted by Crippen LogP contribution is 2.12. The van der Waals surface area contributed by atoms with E-state index in [1.165, 1.54) is 0 Å². The monoisotopic (exact) mass is 273 g/mol. The summed E-state index contributed by atoms with van der Waals surface area (Å²) in [5.74, 6) is 1.52. The molecule has 1 heterocycles. The number of aliphatic hydroxyl groups is 1. The standard InChI is InChI=1S/C12H20ClN3O2/c1-2-4-11-15-10(13)9-12(16-11)14-5-3-7-18-8-6-17/h9,17H,2-8H2,1H3,(H,14,15,16). The van der Waals surface area contributed by atoms with Gasteiger partial charge in [0.2, 0.25) is 0 Å². The van der Waals surface area contributed by atoms with Crippen LogP contribution < -0.4 is 5.32 Å². The van der Waals surface area contributed by atoms with Crippen molar-refractivity contribution in [2.75, 3.05) is 31.7 Å². The van der Waals surface area contributed by atoms with E-state index in [1.54, 1.807) is 6.07 Å². The minimum absolute atomic E-state index is 0.0648. The number of aromatic nitrogens is 2. The quantitative estimate of drug-likeness (QED) is 0.531. The largest absolute Gasteiger partial charge is 0.394 e. The molecule has 0 unspecified atom stereocenters. The summed E-state index contributed by atoms with van der Waals surface area (Å²) in [6, 6.07) is 1.72. The zero-order valence-electron chi connectivity index (χ0n) is 10.7. The molecule has 0 bridgehead atoms. The van der Waals surface area contributed by atoms with Gasteiger partial charge >= 0.3 is 0 Å². The van der Waals surface area contributed by atoms with Crippen LogP contribution in [0.5, 0.6) is 0 Å². The van der Waals surface area contributed by atoms with Gasteiger partial charge in [-0.25, -0.2) is 9.97 Å². The molecule has 0 aliphatic heterocycles. The Bertz CT molecular complexity index is 350. The third kappa shape index (κ3) is 6.14. The molecule has 0 amide bonds. The van der Waals surface area contributed by atoms with Crippen molar-refractivity contribution >= 4 is 17.4 Å². The normalized spacial score (nSPS) is 10.6. The summed E-state index contributed by atoms with van der Waals surface area (Å²) < 4.78 is 5.16. The first-order chi connectivity index (χ1) is 8.76. The van der Waals surface area contributed by atoms with Crippen LogP contribution in [-0.4, -0.2) is 41.4 Å². The van der Waals surface area contributed by atoms with E-state index in [4.69, 9.17) is 21.4 Å². The van der Waals surface area contributed by atoms with Gasteiger partial charge in [0, 0.05) is 25.6 Å². The van der Waals surface area contributed by atoms with Gasteiger partial charge in [0.1, 0.15) is 16.8 Å². The predicted molar refractivity (Wildman–Crippen MR) is 72.0 cm³/mol. The van der Waals surface area contributed by atoms with E-state index in [-0.39, 0.29) is 6.61 Å². The molecule has 1 aromatic heterocycles. The molecule has 0 fully saturated rings. The van der Waals surface area contributed by atoms with Crippen molar-refractivity contribution in [3.63, 3.8) is 0 Å². The van der Waals surface area contributed by atoms with Crippen LogP contribution in [0.1, 0.15) is 25.6 Å². The van der Waals surface area contributed by atoms with E-state index in [0.29, 0.717) is 18.4 Å². The first kappa shape index (κ1) is 15.1. The summed E-state index contributed by atoms with van der Waals surface area (Å²) in [6.45, 7) is 3.91. The van der Waals surface area contributed by atoms with Crippen LogP contribution in [0.2, 0.25) is 5.15 Å². The number of hydrogen-bond donors (Lipinski definition) is 2. The SMILES string of the molecule is CCCc1nc(Cl)cc(NCCCOCCO)n1. The molecule has 0 radical (unpaired) electrons. The zero-order valence-corrected chi connectivity index (χ0v) is 11.4. The molecule has 18 heavy (non-hydrogen) atoms.